The van der Waals surface area contributed by atoms with Crippen molar-refractivity contribution in [3.63, 3.8) is 0 Å². The molecule has 0 saturated heterocycles. The Bertz CT molecular complexity index is 882. The zero-order chi connectivity index (χ0) is 17.1. The molecule has 24 heavy (non-hydrogen) atoms. The van der Waals surface area contributed by atoms with Crippen molar-refractivity contribution in [3.8, 4) is 11.1 Å². The molecule has 0 amide bonds. The maximum atomic E-state index is 8.61. The fourth-order valence-corrected chi connectivity index (χ4v) is 2.65. The second kappa shape index (κ2) is 6.54. The van der Waals surface area contributed by atoms with Crippen LogP contribution < -0.4 is 11.1 Å². The van der Waals surface area contributed by atoms with E-state index in [1.165, 1.54) is 5.56 Å². The summed E-state index contributed by atoms with van der Waals surface area (Å²) in [5.41, 5.74) is 12.1. The summed E-state index contributed by atoms with van der Waals surface area (Å²) in [5.74, 6) is 0.486. The third-order valence-electron chi connectivity index (χ3n) is 4.01. The van der Waals surface area contributed by atoms with Crippen molar-refractivity contribution in [3.05, 3.63) is 77.5 Å². The molecule has 0 aliphatic heterocycles. The summed E-state index contributed by atoms with van der Waals surface area (Å²) in [6.45, 7) is 2.04. The number of nitrogen functional groups attached to an aromatic ring is 1. The first kappa shape index (κ1) is 15.7. The minimum Gasteiger partial charge on any atom is -0.388 e. The molecule has 3 rings (SSSR count). The summed E-state index contributed by atoms with van der Waals surface area (Å²) in [4.78, 5) is 4.04. The largest absolute Gasteiger partial charge is 0.388 e. The van der Waals surface area contributed by atoms with Crippen LogP contribution in [-0.2, 0) is 0 Å². The summed E-state index contributed by atoms with van der Waals surface area (Å²) >= 11 is 0. The molecule has 0 fully saturated rings. The molecular weight excluding hydrogens is 296 g/mol. The van der Waals surface area contributed by atoms with Crippen LogP contribution in [0.2, 0.25) is 0 Å². The van der Waals surface area contributed by atoms with Gasteiger partial charge in [-0.25, -0.2) is 4.98 Å². The quantitative estimate of drug-likeness (QED) is 0.634. The van der Waals surface area contributed by atoms with E-state index < -0.39 is 0 Å². The van der Waals surface area contributed by atoms with Crippen LogP contribution >= 0.6 is 0 Å². The number of hydrogen-bond acceptors (Lipinski definition) is 4. The Kier molecular flexibility index (Phi) is 4.29. The van der Waals surface area contributed by atoms with Crippen molar-refractivity contribution >= 4 is 17.2 Å². The second-order valence-electron chi connectivity index (χ2n) is 5.72. The average Bonchev–Trinajstić information content (AvgIpc) is 2.61. The van der Waals surface area contributed by atoms with Gasteiger partial charge in [-0.1, -0.05) is 35.9 Å². The van der Waals surface area contributed by atoms with Crippen LogP contribution in [0.4, 0.5) is 11.5 Å². The Morgan fingerprint density at radius 2 is 1.71 bits per heavy atom. The molecular formula is C20H20N4. The van der Waals surface area contributed by atoms with Gasteiger partial charge in [0.1, 0.15) is 5.82 Å². The molecule has 120 valence electrons. The summed E-state index contributed by atoms with van der Waals surface area (Å²) in [5, 5.41) is 11.8. The zero-order valence-electron chi connectivity index (χ0n) is 13.8. The van der Waals surface area contributed by atoms with Gasteiger partial charge in [-0.3, -0.25) is 5.41 Å². The predicted molar refractivity (Wildman–Crippen MR) is 101 cm³/mol. The molecule has 0 spiro atoms. The van der Waals surface area contributed by atoms with Crippen LogP contribution in [0, 0.1) is 12.3 Å². The van der Waals surface area contributed by atoms with Gasteiger partial charge in [0.05, 0.1) is 5.71 Å². The van der Waals surface area contributed by atoms with E-state index >= 15 is 0 Å². The maximum Gasteiger partial charge on any atom is 0.123 e. The summed E-state index contributed by atoms with van der Waals surface area (Å²) in [6, 6.07) is 17.8. The van der Waals surface area contributed by atoms with Gasteiger partial charge >= 0.3 is 0 Å². The van der Waals surface area contributed by atoms with Gasteiger partial charge in [0, 0.05) is 30.1 Å². The fraction of sp³-hybridized carbons (Fsp3) is 0.100. The minimum atomic E-state index is 0.486. The molecule has 4 nitrogen and oxygen atoms in total. The Labute approximate surface area is 141 Å². The molecule has 1 aromatic heterocycles. The number of rotatable bonds is 4. The first-order valence-electron chi connectivity index (χ1n) is 7.78. The average molecular weight is 316 g/mol. The Morgan fingerprint density at radius 3 is 2.38 bits per heavy atom. The number of nitrogens with two attached hydrogens (primary N) is 1. The van der Waals surface area contributed by atoms with Crippen LogP contribution in [0.5, 0.6) is 0 Å². The van der Waals surface area contributed by atoms with E-state index in [1.807, 2.05) is 68.6 Å². The lowest BCUT2D eigenvalue weighted by molar-refractivity contribution is 1.34. The standard InChI is InChI=1S/C20H20N4/c1-13-3-5-14(6-4-13)20(22)17-11-15(7-8-18(17)23-2)16-9-10-24-19(21)12-16/h3-12,22-23H,1-2H3,(H2,21,24). The number of benzene rings is 2. The van der Waals surface area contributed by atoms with E-state index in [1.54, 1.807) is 6.20 Å². The van der Waals surface area contributed by atoms with Crippen LogP contribution in [0.3, 0.4) is 0 Å². The van der Waals surface area contributed by atoms with Gasteiger partial charge in [-0.05, 0) is 42.3 Å². The van der Waals surface area contributed by atoms with Crippen molar-refractivity contribution in [1.82, 2.24) is 4.98 Å². The molecule has 2 aromatic carbocycles. The highest BCUT2D eigenvalue weighted by atomic mass is 14.8. The SMILES string of the molecule is CNc1ccc(-c2ccnc(N)c2)cc1C(=N)c1ccc(C)cc1. The summed E-state index contributed by atoms with van der Waals surface area (Å²) in [6.07, 6.45) is 1.70. The topological polar surface area (TPSA) is 74.8 Å². The normalized spacial score (nSPS) is 10.4. The number of pyridine rings is 1. The van der Waals surface area contributed by atoms with Gasteiger partial charge in [0.25, 0.3) is 0 Å². The molecule has 0 unspecified atom stereocenters. The first-order valence-corrected chi connectivity index (χ1v) is 7.78. The molecule has 4 heteroatoms. The Balaban J connectivity index is 2.07. The summed E-state index contributed by atoms with van der Waals surface area (Å²) < 4.78 is 0. The smallest absolute Gasteiger partial charge is 0.123 e. The molecule has 0 aliphatic carbocycles. The van der Waals surface area contributed by atoms with E-state index in [0.29, 0.717) is 11.5 Å². The molecule has 0 radical (unpaired) electrons. The molecule has 0 aliphatic rings. The lowest BCUT2D eigenvalue weighted by Crippen LogP contribution is -2.06. The highest BCUT2D eigenvalue weighted by Gasteiger charge is 2.11. The number of nitrogens with zero attached hydrogens (tertiary/aromatic N) is 1. The van der Waals surface area contributed by atoms with Gasteiger partial charge in [-0.15, -0.1) is 0 Å². The first-order chi connectivity index (χ1) is 11.6. The number of aromatic nitrogens is 1. The molecule has 0 saturated carbocycles. The molecule has 3 aromatic rings. The van der Waals surface area contributed by atoms with Crippen LogP contribution in [0.1, 0.15) is 16.7 Å². The number of hydrogen-bond donors (Lipinski definition) is 3. The second-order valence-corrected chi connectivity index (χ2v) is 5.72. The van der Waals surface area contributed by atoms with Crippen LogP contribution in [-0.4, -0.2) is 17.7 Å². The summed E-state index contributed by atoms with van der Waals surface area (Å²) in [7, 11) is 1.87. The highest BCUT2D eigenvalue weighted by molar-refractivity contribution is 6.14. The van der Waals surface area contributed by atoms with Crippen molar-refractivity contribution in [2.75, 3.05) is 18.1 Å². The molecule has 0 atom stereocenters. The highest BCUT2D eigenvalue weighted by Crippen LogP contribution is 2.27. The van der Waals surface area contributed by atoms with Crippen molar-refractivity contribution < 1.29 is 0 Å². The van der Waals surface area contributed by atoms with Gasteiger partial charge in [0.15, 0.2) is 0 Å². The van der Waals surface area contributed by atoms with Crippen molar-refractivity contribution in [1.29, 1.82) is 5.41 Å². The van der Waals surface area contributed by atoms with E-state index in [0.717, 1.165) is 27.9 Å². The molecule has 0 bridgehead atoms. The van der Waals surface area contributed by atoms with Gasteiger partial charge < -0.3 is 11.1 Å². The maximum absolute atomic E-state index is 8.61. The lowest BCUT2D eigenvalue weighted by Gasteiger charge is -2.13. The number of anilines is 2. The Hall–Kier alpha value is -3.14. The van der Waals surface area contributed by atoms with Crippen LogP contribution in [0.15, 0.2) is 60.8 Å². The van der Waals surface area contributed by atoms with E-state index in [4.69, 9.17) is 11.1 Å². The minimum absolute atomic E-state index is 0.486. The third kappa shape index (κ3) is 3.13. The predicted octanol–water partition coefficient (Wildman–Crippen LogP) is 4.10. The monoisotopic (exact) mass is 316 g/mol. The molecule has 4 N–H and O–H groups in total. The van der Waals surface area contributed by atoms with Gasteiger partial charge in [-0.2, -0.15) is 0 Å². The number of aryl methyl sites for hydroxylation is 1. The van der Waals surface area contributed by atoms with Crippen molar-refractivity contribution in [2.24, 2.45) is 0 Å². The van der Waals surface area contributed by atoms with E-state index in [9.17, 15) is 0 Å². The Morgan fingerprint density at radius 1 is 1.00 bits per heavy atom. The number of nitrogens with one attached hydrogen (secondary N) is 2. The lowest BCUT2D eigenvalue weighted by atomic mass is 9.96. The van der Waals surface area contributed by atoms with Crippen molar-refractivity contribution in [2.45, 2.75) is 6.92 Å². The third-order valence-corrected chi connectivity index (χ3v) is 4.01. The fourth-order valence-electron chi connectivity index (χ4n) is 2.65. The zero-order valence-corrected chi connectivity index (χ0v) is 13.8. The molecule has 1 heterocycles. The van der Waals surface area contributed by atoms with Crippen LogP contribution in [0.25, 0.3) is 11.1 Å². The van der Waals surface area contributed by atoms with E-state index in [-0.39, 0.29) is 0 Å². The van der Waals surface area contributed by atoms with Gasteiger partial charge in [0.2, 0.25) is 0 Å². The van der Waals surface area contributed by atoms with E-state index in [2.05, 4.69) is 10.3 Å².